The SMILES string of the molecule is COc1ccc(OCc2ccc(I)cc2)cc1[N+](=O)[O-]. The molecule has 20 heavy (non-hydrogen) atoms. The molecule has 0 saturated heterocycles. The van der Waals surface area contributed by atoms with Gasteiger partial charge in [-0.25, -0.2) is 0 Å². The molecular weight excluding hydrogens is 373 g/mol. The number of halogens is 1. The van der Waals surface area contributed by atoms with Crippen molar-refractivity contribution in [2.45, 2.75) is 6.61 Å². The fourth-order valence-corrected chi connectivity index (χ4v) is 2.01. The van der Waals surface area contributed by atoms with E-state index >= 15 is 0 Å². The van der Waals surface area contributed by atoms with Gasteiger partial charge in [-0.3, -0.25) is 10.1 Å². The van der Waals surface area contributed by atoms with Gasteiger partial charge in [-0.05, 0) is 52.4 Å². The molecule has 0 aromatic heterocycles. The third-order valence-electron chi connectivity index (χ3n) is 2.67. The molecule has 5 nitrogen and oxygen atoms in total. The van der Waals surface area contributed by atoms with Gasteiger partial charge in [-0.15, -0.1) is 0 Å². The molecule has 0 bridgehead atoms. The number of rotatable bonds is 5. The number of nitro benzene ring substituents is 1. The Labute approximate surface area is 129 Å². The molecule has 0 spiro atoms. The van der Waals surface area contributed by atoms with E-state index in [0.717, 1.165) is 9.13 Å². The van der Waals surface area contributed by atoms with Crippen molar-refractivity contribution in [2.24, 2.45) is 0 Å². The van der Waals surface area contributed by atoms with Gasteiger partial charge < -0.3 is 9.47 Å². The maximum absolute atomic E-state index is 10.9. The molecule has 0 aliphatic rings. The van der Waals surface area contributed by atoms with Gasteiger partial charge in [0.15, 0.2) is 5.75 Å². The summed E-state index contributed by atoms with van der Waals surface area (Å²) in [5, 5.41) is 10.9. The van der Waals surface area contributed by atoms with Gasteiger partial charge in [0.1, 0.15) is 12.4 Å². The summed E-state index contributed by atoms with van der Waals surface area (Å²) in [5.74, 6) is 0.660. The van der Waals surface area contributed by atoms with Crippen LogP contribution in [0.3, 0.4) is 0 Å². The minimum Gasteiger partial charge on any atom is -0.490 e. The summed E-state index contributed by atoms with van der Waals surface area (Å²) in [6.07, 6.45) is 0. The Morgan fingerprint density at radius 1 is 1.20 bits per heavy atom. The van der Waals surface area contributed by atoms with E-state index in [4.69, 9.17) is 9.47 Å². The highest BCUT2D eigenvalue weighted by Gasteiger charge is 2.15. The highest BCUT2D eigenvalue weighted by molar-refractivity contribution is 14.1. The van der Waals surface area contributed by atoms with Gasteiger partial charge in [0, 0.05) is 3.57 Å². The topological polar surface area (TPSA) is 61.6 Å². The van der Waals surface area contributed by atoms with Crippen LogP contribution in [0.15, 0.2) is 42.5 Å². The number of nitrogens with zero attached hydrogens (tertiary/aromatic N) is 1. The maximum atomic E-state index is 10.9. The second-order valence-corrected chi connectivity index (χ2v) is 5.25. The largest absolute Gasteiger partial charge is 0.490 e. The zero-order chi connectivity index (χ0) is 14.5. The molecule has 0 radical (unpaired) electrons. The van der Waals surface area contributed by atoms with E-state index in [-0.39, 0.29) is 11.4 Å². The van der Waals surface area contributed by atoms with E-state index in [0.29, 0.717) is 12.4 Å². The van der Waals surface area contributed by atoms with Gasteiger partial charge >= 0.3 is 5.69 Å². The maximum Gasteiger partial charge on any atom is 0.314 e. The van der Waals surface area contributed by atoms with Gasteiger partial charge in [-0.1, -0.05) is 12.1 Å². The lowest BCUT2D eigenvalue weighted by Crippen LogP contribution is -1.98. The molecule has 0 atom stereocenters. The lowest BCUT2D eigenvalue weighted by atomic mass is 10.2. The molecule has 104 valence electrons. The van der Waals surface area contributed by atoms with Crippen molar-refractivity contribution < 1.29 is 14.4 Å². The molecule has 2 aromatic rings. The van der Waals surface area contributed by atoms with Gasteiger partial charge in [0.25, 0.3) is 0 Å². The Bertz CT molecular complexity index is 613. The van der Waals surface area contributed by atoms with Crippen molar-refractivity contribution in [3.63, 3.8) is 0 Å². The minimum atomic E-state index is -0.490. The highest BCUT2D eigenvalue weighted by atomic mass is 127. The van der Waals surface area contributed by atoms with Crippen LogP contribution in [0.1, 0.15) is 5.56 Å². The average molecular weight is 385 g/mol. The van der Waals surface area contributed by atoms with E-state index in [1.807, 2.05) is 24.3 Å². The third-order valence-corrected chi connectivity index (χ3v) is 3.38. The Hall–Kier alpha value is -1.83. The van der Waals surface area contributed by atoms with Crippen molar-refractivity contribution in [1.82, 2.24) is 0 Å². The molecular formula is C14H12INO4. The van der Waals surface area contributed by atoms with Crippen LogP contribution < -0.4 is 9.47 Å². The second kappa shape index (κ2) is 6.56. The third kappa shape index (κ3) is 3.60. The fourth-order valence-electron chi connectivity index (χ4n) is 1.65. The van der Waals surface area contributed by atoms with Crippen LogP contribution in [-0.2, 0) is 6.61 Å². The average Bonchev–Trinajstić information content (AvgIpc) is 2.46. The van der Waals surface area contributed by atoms with Crippen molar-refractivity contribution in [2.75, 3.05) is 7.11 Å². The molecule has 0 amide bonds. The predicted molar refractivity (Wildman–Crippen MR) is 83.1 cm³/mol. The second-order valence-electron chi connectivity index (χ2n) is 4.01. The summed E-state index contributed by atoms with van der Waals surface area (Å²) in [7, 11) is 1.40. The lowest BCUT2D eigenvalue weighted by molar-refractivity contribution is -0.385. The van der Waals surface area contributed by atoms with Crippen molar-refractivity contribution in [3.05, 3.63) is 61.7 Å². The first-order valence-electron chi connectivity index (χ1n) is 5.80. The Morgan fingerprint density at radius 3 is 2.50 bits per heavy atom. The molecule has 2 aromatic carbocycles. The van der Waals surface area contributed by atoms with Crippen LogP contribution in [0.2, 0.25) is 0 Å². The number of hydrogen-bond acceptors (Lipinski definition) is 4. The van der Waals surface area contributed by atoms with Gasteiger partial charge in [0.05, 0.1) is 18.1 Å². The summed E-state index contributed by atoms with van der Waals surface area (Å²) >= 11 is 2.23. The van der Waals surface area contributed by atoms with E-state index < -0.39 is 4.92 Å². The fraction of sp³-hybridized carbons (Fsp3) is 0.143. The molecule has 0 fully saturated rings. The van der Waals surface area contributed by atoms with E-state index in [1.54, 1.807) is 6.07 Å². The van der Waals surface area contributed by atoms with Crippen LogP contribution in [0, 0.1) is 13.7 Å². The van der Waals surface area contributed by atoms with Crippen LogP contribution >= 0.6 is 22.6 Å². The number of methoxy groups -OCH3 is 1. The zero-order valence-electron chi connectivity index (χ0n) is 10.7. The van der Waals surface area contributed by atoms with Crippen molar-refractivity contribution in [1.29, 1.82) is 0 Å². The molecule has 0 unspecified atom stereocenters. The summed E-state index contributed by atoms with van der Waals surface area (Å²) in [6, 6.07) is 12.4. The quantitative estimate of drug-likeness (QED) is 0.447. The van der Waals surface area contributed by atoms with Gasteiger partial charge in [0.2, 0.25) is 0 Å². The summed E-state index contributed by atoms with van der Waals surface area (Å²) < 4.78 is 11.6. The molecule has 6 heteroatoms. The predicted octanol–water partition coefficient (Wildman–Crippen LogP) is 3.79. The van der Waals surface area contributed by atoms with E-state index in [9.17, 15) is 10.1 Å². The Kier molecular flexibility index (Phi) is 4.78. The number of benzene rings is 2. The van der Waals surface area contributed by atoms with Crippen LogP contribution in [0.25, 0.3) is 0 Å². The van der Waals surface area contributed by atoms with Crippen molar-refractivity contribution in [3.8, 4) is 11.5 Å². The first-order valence-corrected chi connectivity index (χ1v) is 6.87. The summed E-state index contributed by atoms with van der Waals surface area (Å²) in [5.41, 5.74) is 0.900. The minimum absolute atomic E-state index is 0.104. The Balaban J connectivity index is 2.11. The monoisotopic (exact) mass is 385 g/mol. The van der Waals surface area contributed by atoms with E-state index in [1.165, 1.54) is 19.2 Å². The number of ether oxygens (including phenoxy) is 2. The smallest absolute Gasteiger partial charge is 0.314 e. The van der Waals surface area contributed by atoms with Crippen molar-refractivity contribution >= 4 is 28.3 Å². The summed E-state index contributed by atoms with van der Waals surface area (Å²) in [4.78, 5) is 10.4. The molecule has 2 rings (SSSR count). The highest BCUT2D eigenvalue weighted by Crippen LogP contribution is 2.31. The van der Waals surface area contributed by atoms with E-state index in [2.05, 4.69) is 22.6 Å². The molecule has 0 N–H and O–H groups in total. The molecule has 0 saturated carbocycles. The van der Waals surface area contributed by atoms with Crippen LogP contribution in [-0.4, -0.2) is 12.0 Å². The normalized spacial score (nSPS) is 10.1. The van der Waals surface area contributed by atoms with Crippen LogP contribution in [0.5, 0.6) is 11.5 Å². The molecule has 0 aliphatic carbocycles. The van der Waals surface area contributed by atoms with Crippen LogP contribution in [0.4, 0.5) is 5.69 Å². The molecule has 0 heterocycles. The number of hydrogen-bond donors (Lipinski definition) is 0. The lowest BCUT2D eigenvalue weighted by Gasteiger charge is -2.08. The Morgan fingerprint density at radius 2 is 1.90 bits per heavy atom. The summed E-state index contributed by atoms with van der Waals surface area (Å²) in [6.45, 7) is 0.362. The first kappa shape index (κ1) is 14.6. The molecule has 0 aliphatic heterocycles. The first-order chi connectivity index (χ1) is 9.60. The number of nitro groups is 1. The standard InChI is InChI=1S/C14H12INO4/c1-19-14-7-6-12(8-13(14)16(17)18)20-9-10-2-4-11(15)5-3-10/h2-8H,9H2,1H3. The zero-order valence-corrected chi connectivity index (χ0v) is 12.9. The van der Waals surface area contributed by atoms with Gasteiger partial charge in [-0.2, -0.15) is 0 Å².